The first kappa shape index (κ1) is 36.3. The number of halogens is 1. The van der Waals surface area contributed by atoms with E-state index in [1.807, 2.05) is 65.7 Å². The van der Waals surface area contributed by atoms with Crippen molar-refractivity contribution in [1.82, 2.24) is 20.3 Å². The average molecular weight is 743 g/mol. The number of benzene rings is 3. The van der Waals surface area contributed by atoms with Crippen LogP contribution in [0.4, 0.5) is 11.4 Å². The largest absolute Gasteiger partial charge is 0.497 e. The summed E-state index contributed by atoms with van der Waals surface area (Å²) < 4.78 is 14.5. The number of nitrogens with one attached hydrogen (secondary N) is 2. The molecule has 0 unspecified atom stereocenters. The molecular weight excluding hydrogens is 696 g/mol. The number of fused-ring (bicyclic) bond motifs is 2. The highest BCUT2D eigenvalue weighted by Gasteiger charge is 2.66. The molecule has 4 aromatic rings. The van der Waals surface area contributed by atoms with Crippen LogP contribution in [-0.2, 0) is 39.4 Å². The first-order valence-electron chi connectivity index (χ1n) is 18.1. The van der Waals surface area contributed by atoms with E-state index in [-0.39, 0.29) is 42.0 Å². The number of aromatic nitrogens is 3. The minimum atomic E-state index is -2.34. The number of carbonyl (C=O) groups excluding carboxylic acids is 2. The SMILES string of the molecule is COc1ccc([Si](C)(C)[C@@H]2[C@@H](CCn3cc(CCO)nn3)O[C@]3(C(=O)N(Cc4ccc(NC(=O)[C@H]5CCCN5)cc4)c4ccc(Cl)cc43)[C@H]2C)cc1. The minimum absolute atomic E-state index is 0.00755. The van der Waals surface area contributed by atoms with Gasteiger partial charge in [0.1, 0.15) is 5.75 Å². The van der Waals surface area contributed by atoms with Crippen LogP contribution in [0, 0.1) is 5.92 Å². The second kappa shape index (κ2) is 14.7. The lowest BCUT2D eigenvalue weighted by atomic mass is 9.82. The summed E-state index contributed by atoms with van der Waals surface area (Å²) in [4.78, 5) is 29.6. The summed E-state index contributed by atoms with van der Waals surface area (Å²) in [7, 11) is -0.671. The molecule has 52 heavy (non-hydrogen) atoms. The number of ether oxygens (including phenoxy) is 2. The molecule has 3 aliphatic heterocycles. The van der Waals surface area contributed by atoms with Crippen molar-refractivity contribution in [2.24, 2.45) is 5.92 Å². The summed E-state index contributed by atoms with van der Waals surface area (Å²) >= 11 is 6.69. The van der Waals surface area contributed by atoms with Crippen LogP contribution in [0.25, 0.3) is 0 Å². The smallest absolute Gasteiger partial charge is 0.264 e. The predicted molar refractivity (Wildman–Crippen MR) is 204 cm³/mol. The molecule has 13 heteroatoms. The number of hydrogen-bond donors (Lipinski definition) is 3. The van der Waals surface area contributed by atoms with E-state index in [9.17, 15) is 9.90 Å². The van der Waals surface area contributed by atoms with Crippen molar-refractivity contribution in [3.8, 4) is 5.75 Å². The lowest BCUT2D eigenvalue weighted by molar-refractivity contribution is -0.146. The molecule has 2 saturated heterocycles. The number of aliphatic hydroxyl groups excluding tert-OH is 1. The van der Waals surface area contributed by atoms with Gasteiger partial charge >= 0.3 is 0 Å². The fourth-order valence-electron chi connectivity index (χ4n) is 8.66. The zero-order valence-corrected chi connectivity index (χ0v) is 31.9. The summed E-state index contributed by atoms with van der Waals surface area (Å²) in [5.74, 6) is 0.492. The second-order valence-corrected chi connectivity index (χ2v) is 19.9. The highest BCUT2D eigenvalue weighted by Crippen LogP contribution is 2.60. The molecule has 0 saturated carbocycles. The Hall–Kier alpha value is -4.07. The number of carbonyl (C=O) groups is 2. The van der Waals surface area contributed by atoms with Gasteiger partial charge in [-0.1, -0.05) is 66.3 Å². The van der Waals surface area contributed by atoms with E-state index in [0.717, 1.165) is 53.3 Å². The summed E-state index contributed by atoms with van der Waals surface area (Å²) in [5, 5.41) is 26.0. The number of methoxy groups -OCH3 is 1. The molecule has 0 aliphatic carbocycles. The van der Waals surface area contributed by atoms with E-state index < -0.39 is 13.7 Å². The van der Waals surface area contributed by atoms with Crippen LogP contribution >= 0.6 is 11.6 Å². The number of anilines is 2. The lowest BCUT2D eigenvalue weighted by Crippen LogP contribution is -2.51. The Labute approximate surface area is 310 Å². The average Bonchev–Trinajstić information content (AvgIpc) is 3.94. The molecule has 4 heterocycles. The highest BCUT2D eigenvalue weighted by molar-refractivity contribution is 6.91. The maximum atomic E-state index is 15.1. The second-order valence-electron chi connectivity index (χ2n) is 14.8. The van der Waals surface area contributed by atoms with Gasteiger partial charge in [-0.3, -0.25) is 14.3 Å². The van der Waals surface area contributed by atoms with Crippen molar-refractivity contribution in [2.75, 3.05) is 30.5 Å². The Morgan fingerprint density at radius 3 is 2.62 bits per heavy atom. The van der Waals surface area contributed by atoms with Gasteiger partial charge in [0.2, 0.25) is 5.91 Å². The van der Waals surface area contributed by atoms with Crippen molar-refractivity contribution in [3.05, 3.63) is 94.8 Å². The zero-order chi connectivity index (χ0) is 36.6. The fraction of sp³-hybridized carbons (Fsp3) is 0.436. The van der Waals surface area contributed by atoms with Crippen LogP contribution in [0.1, 0.15) is 43.0 Å². The Bertz CT molecular complexity index is 1910. The van der Waals surface area contributed by atoms with E-state index in [0.29, 0.717) is 31.0 Å². The van der Waals surface area contributed by atoms with Gasteiger partial charge < -0.3 is 30.1 Å². The van der Waals surface area contributed by atoms with Gasteiger partial charge in [0, 0.05) is 48.0 Å². The Morgan fingerprint density at radius 1 is 1.15 bits per heavy atom. The third-order valence-corrected chi connectivity index (χ3v) is 15.9. The summed E-state index contributed by atoms with van der Waals surface area (Å²) in [5.41, 5.74) is 2.78. The van der Waals surface area contributed by atoms with Crippen molar-refractivity contribution < 1.29 is 24.2 Å². The zero-order valence-electron chi connectivity index (χ0n) is 30.1. The maximum Gasteiger partial charge on any atom is 0.264 e. The van der Waals surface area contributed by atoms with Crippen LogP contribution < -0.4 is 25.5 Å². The molecule has 3 N–H and O–H groups in total. The Balaban J connectivity index is 1.21. The van der Waals surface area contributed by atoms with Crippen LogP contribution in [0.5, 0.6) is 5.75 Å². The van der Waals surface area contributed by atoms with Crippen molar-refractivity contribution >= 4 is 48.1 Å². The van der Waals surface area contributed by atoms with Crippen molar-refractivity contribution in [1.29, 1.82) is 0 Å². The maximum absolute atomic E-state index is 15.1. The number of aryl methyl sites for hydroxylation is 1. The fourth-order valence-corrected chi connectivity index (χ4v) is 12.9. The number of amides is 2. The summed E-state index contributed by atoms with van der Waals surface area (Å²) in [6, 6.07) is 21.5. The number of nitrogens with zero attached hydrogens (tertiary/aromatic N) is 4. The minimum Gasteiger partial charge on any atom is -0.497 e. The van der Waals surface area contributed by atoms with Crippen LogP contribution in [-0.4, -0.2) is 72.4 Å². The number of hydrogen-bond acceptors (Lipinski definition) is 8. The molecule has 1 aromatic heterocycles. The van der Waals surface area contributed by atoms with Gasteiger partial charge in [-0.2, -0.15) is 0 Å². The molecule has 3 aliphatic rings. The van der Waals surface area contributed by atoms with Gasteiger partial charge in [-0.05, 0) is 79.4 Å². The number of aliphatic hydroxyl groups is 1. The third-order valence-electron chi connectivity index (χ3n) is 11.3. The lowest BCUT2D eigenvalue weighted by Gasteiger charge is -2.37. The van der Waals surface area contributed by atoms with Gasteiger partial charge in [-0.15, -0.1) is 5.10 Å². The molecule has 3 aromatic carbocycles. The molecular formula is C39H47ClN6O5Si. The van der Waals surface area contributed by atoms with Crippen LogP contribution in [0.3, 0.4) is 0 Å². The van der Waals surface area contributed by atoms with Crippen molar-refractivity contribution in [3.63, 3.8) is 0 Å². The molecule has 274 valence electrons. The summed E-state index contributed by atoms with van der Waals surface area (Å²) in [6.07, 6.45) is 4.49. The van der Waals surface area contributed by atoms with Crippen molar-refractivity contribution in [2.45, 2.75) is 82.1 Å². The molecule has 2 amide bonds. The van der Waals surface area contributed by atoms with Crippen LogP contribution in [0.15, 0.2) is 72.9 Å². The monoisotopic (exact) mass is 742 g/mol. The van der Waals surface area contributed by atoms with E-state index in [4.69, 9.17) is 21.1 Å². The van der Waals surface area contributed by atoms with Gasteiger partial charge in [0.05, 0.1) is 45.3 Å². The van der Waals surface area contributed by atoms with E-state index >= 15 is 4.79 Å². The normalized spacial score (nSPS) is 24.1. The molecule has 2 fully saturated rings. The van der Waals surface area contributed by atoms with E-state index in [1.165, 1.54) is 5.19 Å². The Morgan fingerprint density at radius 2 is 1.92 bits per heavy atom. The van der Waals surface area contributed by atoms with Gasteiger partial charge in [-0.25, -0.2) is 0 Å². The quantitative estimate of drug-likeness (QED) is 0.173. The third kappa shape index (κ3) is 6.67. The van der Waals surface area contributed by atoms with E-state index in [2.05, 4.69) is 53.1 Å². The highest BCUT2D eigenvalue weighted by atomic mass is 35.5. The summed E-state index contributed by atoms with van der Waals surface area (Å²) in [6.45, 7) is 8.64. The first-order chi connectivity index (χ1) is 25.0. The standard InChI is InChI=1S/C39H47ClN6O5Si/c1-25-36(52(3,4)31-14-12-30(50-2)13-15-31)35(17-20-45-24-29(18-21-47)43-44-45)51-39(25)32-22-27(40)9-16-34(32)46(38(39)49)23-26-7-10-28(11-8-26)42-37(48)33-6-5-19-41-33/h7-16,22,24-25,33,35-36,41,47H,5-6,17-21,23H2,1-4H3,(H,42,48)/t25-,33+,35+,36-,39+/m0/s1. The van der Waals surface area contributed by atoms with Gasteiger partial charge in [0.15, 0.2) is 5.60 Å². The molecule has 7 rings (SSSR count). The molecule has 0 radical (unpaired) electrons. The first-order valence-corrected chi connectivity index (χ1v) is 21.6. The molecule has 1 spiro atoms. The topological polar surface area (TPSA) is 131 Å². The molecule has 11 nitrogen and oxygen atoms in total. The Kier molecular flexibility index (Phi) is 10.3. The van der Waals surface area contributed by atoms with E-state index in [1.54, 1.807) is 11.8 Å². The number of rotatable bonds is 12. The van der Waals surface area contributed by atoms with Gasteiger partial charge in [0.25, 0.3) is 5.91 Å². The predicted octanol–water partition coefficient (Wildman–Crippen LogP) is 5.02. The molecule has 0 bridgehead atoms. The van der Waals surface area contributed by atoms with Crippen LogP contribution in [0.2, 0.25) is 23.7 Å². The molecule has 5 atom stereocenters.